The Bertz CT molecular complexity index is 632. The summed E-state index contributed by atoms with van der Waals surface area (Å²) in [6, 6.07) is 10.3. The number of nitrogens with one attached hydrogen (secondary N) is 2. The second-order valence-electron chi connectivity index (χ2n) is 7.00. The van der Waals surface area contributed by atoms with Gasteiger partial charge in [-0.05, 0) is 37.7 Å². The number of benzene rings is 1. The number of hydrogen-bond acceptors (Lipinski definition) is 2. The SMILES string of the molecule is CCNC(=NCC(=O)N1CCC(Cc2ccccc2)CC1)NCCC(F)(F)F.I. The van der Waals surface area contributed by atoms with Gasteiger partial charge in [-0.1, -0.05) is 30.3 Å². The van der Waals surface area contributed by atoms with E-state index in [0.29, 0.717) is 25.6 Å². The number of aliphatic imine (C=N–C) groups is 1. The Morgan fingerprint density at radius 3 is 2.41 bits per heavy atom. The summed E-state index contributed by atoms with van der Waals surface area (Å²) in [5.41, 5.74) is 1.32. The second-order valence-corrected chi connectivity index (χ2v) is 7.00. The number of carbonyl (C=O) groups excluding carboxylic acids is 1. The molecule has 164 valence electrons. The first kappa shape index (κ1) is 25.5. The van der Waals surface area contributed by atoms with Crippen LogP contribution in [-0.2, 0) is 11.2 Å². The van der Waals surface area contributed by atoms with Crippen LogP contribution in [0.1, 0.15) is 31.7 Å². The van der Waals surface area contributed by atoms with Gasteiger partial charge in [0.15, 0.2) is 5.96 Å². The fourth-order valence-corrected chi connectivity index (χ4v) is 3.24. The van der Waals surface area contributed by atoms with Gasteiger partial charge in [-0.15, -0.1) is 24.0 Å². The molecule has 29 heavy (non-hydrogen) atoms. The summed E-state index contributed by atoms with van der Waals surface area (Å²) in [7, 11) is 0. The minimum atomic E-state index is -4.22. The molecule has 0 aliphatic carbocycles. The highest BCUT2D eigenvalue weighted by molar-refractivity contribution is 14.0. The number of nitrogens with zero attached hydrogens (tertiary/aromatic N) is 2. The van der Waals surface area contributed by atoms with E-state index in [1.165, 1.54) is 5.56 Å². The van der Waals surface area contributed by atoms with Crippen molar-refractivity contribution in [3.63, 3.8) is 0 Å². The van der Waals surface area contributed by atoms with Crippen LogP contribution in [0.25, 0.3) is 0 Å². The van der Waals surface area contributed by atoms with E-state index in [4.69, 9.17) is 0 Å². The molecule has 1 amide bonds. The maximum Gasteiger partial charge on any atom is 0.390 e. The molecule has 1 fully saturated rings. The first-order chi connectivity index (χ1) is 13.4. The van der Waals surface area contributed by atoms with Crippen LogP contribution in [0, 0.1) is 5.92 Å². The largest absolute Gasteiger partial charge is 0.390 e. The summed E-state index contributed by atoms with van der Waals surface area (Å²) in [6.07, 6.45) is -2.23. The Morgan fingerprint density at radius 1 is 1.17 bits per heavy atom. The molecule has 9 heteroatoms. The van der Waals surface area contributed by atoms with E-state index in [1.54, 1.807) is 4.90 Å². The molecule has 1 saturated heterocycles. The topological polar surface area (TPSA) is 56.7 Å². The average Bonchev–Trinajstić information content (AvgIpc) is 2.66. The standard InChI is InChI=1S/C20H29F3N4O.HI/c1-2-24-19(25-11-10-20(21,22)23)26-15-18(28)27-12-8-17(9-13-27)14-16-6-4-3-5-7-16;/h3-7,17H,2,8-15H2,1H3,(H2,24,25,26);1H. The normalized spacial score (nSPS) is 15.6. The molecule has 5 nitrogen and oxygen atoms in total. The Hall–Kier alpha value is -1.52. The molecule has 0 aromatic heterocycles. The lowest BCUT2D eigenvalue weighted by molar-refractivity contribution is -0.133. The first-order valence-corrected chi connectivity index (χ1v) is 9.78. The number of rotatable bonds is 7. The summed E-state index contributed by atoms with van der Waals surface area (Å²) in [6.45, 7) is 3.39. The van der Waals surface area contributed by atoms with Gasteiger partial charge in [-0.25, -0.2) is 4.99 Å². The van der Waals surface area contributed by atoms with Gasteiger partial charge in [0.05, 0.1) is 6.42 Å². The molecule has 2 rings (SSSR count). The van der Waals surface area contributed by atoms with Gasteiger partial charge >= 0.3 is 6.18 Å². The van der Waals surface area contributed by atoms with Crippen molar-refractivity contribution in [2.45, 2.75) is 38.8 Å². The summed E-state index contributed by atoms with van der Waals surface area (Å²) < 4.78 is 36.8. The van der Waals surface area contributed by atoms with Gasteiger partial charge in [0.25, 0.3) is 0 Å². The predicted molar refractivity (Wildman–Crippen MR) is 120 cm³/mol. The summed E-state index contributed by atoms with van der Waals surface area (Å²) in [5.74, 6) is 0.710. The lowest BCUT2D eigenvalue weighted by atomic mass is 9.90. The highest BCUT2D eigenvalue weighted by Crippen LogP contribution is 2.21. The number of halogens is 4. The van der Waals surface area contributed by atoms with E-state index in [1.807, 2.05) is 25.1 Å². The van der Waals surface area contributed by atoms with E-state index in [9.17, 15) is 18.0 Å². The molecule has 1 heterocycles. The third-order valence-corrected chi connectivity index (χ3v) is 4.75. The van der Waals surface area contributed by atoms with Crippen molar-refractivity contribution >= 4 is 35.8 Å². The maximum absolute atomic E-state index is 12.4. The third kappa shape index (κ3) is 10.2. The number of carbonyl (C=O) groups is 1. The van der Waals surface area contributed by atoms with Crippen molar-refractivity contribution in [3.8, 4) is 0 Å². The van der Waals surface area contributed by atoms with Crippen LogP contribution in [0.2, 0.25) is 0 Å². The third-order valence-electron chi connectivity index (χ3n) is 4.75. The average molecular weight is 526 g/mol. The summed E-state index contributed by atoms with van der Waals surface area (Å²) >= 11 is 0. The molecule has 0 spiro atoms. The van der Waals surface area contributed by atoms with E-state index in [2.05, 4.69) is 27.8 Å². The molecular formula is C20H30F3IN4O. The van der Waals surface area contributed by atoms with Crippen molar-refractivity contribution < 1.29 is 18.0 Å². The van der Waals surface area contributed by atoms with Crippen molar-refractivity contribution in [1.82, 2.24) is 15.5 Å². The van der Waals surface area contributed by atoms with Crippen molar-refractivity contribution in [3.05, 3.63) is 35.9 Å². The first-order valence-electron chi connectivity index (χ1n) is 9.78. The van der Waals surface area contributed by atoms with Crippen molar-refractivity contribution in [2.75, 3.05) is 32.7 Å². The van der Waals surface area contributed by atoms with E-state index < -0.39 is 12.6 Å². The Labute approximate surface area is 187 Å². The van der Waals surface area contributed by atoms with Crippen LogP contribution in [0.15, 0.2) is 35.3 Å². The van der Waals surface area contributed by atoms with Gasteiger partial charge in [-0.2, -0.15) is 13.2 Å². The summed E-state index contributed by atoms with van der Waals surface area (Å²) in [4.78, 5) is 18.3. The predicted octanol–water partition coefficient (Wildman–Crippen LogP) is 3.59. The zero-order chi connectivity index (χ0) is 20.4. The second kappa shape index (κ2) is 12.9. The van der Waals surface area contributed by atoms with Gasteiger partial charge in [0.1, 0.15) is 6.54 Å². The smallest absolute Gasteiger partial charge is 0.357 e. The molecule has 1 aliphatic heterocycles. The Morgan fingerprint density at radius 2 is 1.83 bits per heavy atom. The molecule has 2 N–H and O–H groups in total. The molecule has 1 aromatic carbocycles. The van der Waals surface area contributed by atoms with Gasteiger partial charge in [0, 0.05) is 26.2 Å². The molecule has 1 aromatic rings. The number of amides is 1. The van der Waals surface area contributed by atoms with Crippen molar-refractivity contribution in [2.24, 2.45) is 10.9 Å². The number of hydrogen-bond donors (Lipinski definition) is 2. The molecule has 1 aliphatic rings. The maximum atomic E-state index is 12.4. The minimum absolute atomic E-state index is 0. The van der Waals surface area contributed by atoms with Crippen LogP contribution in [-0.4, -0.2) is 55.7 Å². The van der Waals surface area contributed by atoms with E-state index in [0.717, 1.165) is 19.3 Å². The van der Waals surface area contributed by atoms with Gasteiger partial charge in [0.2, 0.25) is 5.91 Å². The Balaban J connectivity index is 0.00000420. The highest BCUT2D eigenvalue weighted by atomic mass is 127. The Kier molecular flexibility index (Phi) is 11.4. The number of piperidine rings is 1. The van der Waals surface area contributed by atoms with E-state index >= 15 is 0 Å². The number of likely N-dealkylation sites (tertiary alicyclic amines) is 1. The highest BCUT2D eigenvalue weighted by Gasteiger charge is 2.26. The summed E-state index contributed by atoms with van der Waals surface area (Å²) in [5, 5.41) is 5.48. The molecule has 0 bridgehead atoms. The monoisotopic (exact) mass is 526 g/mol. The number of alkyl halides is 3. The molecule has 0 radical (unpaired) electrons. The van der Waals surface area contributed by atoms with Gasteiger partial charge in [-0.3, -0.25) is 4.79 Å². The van der Waals surface area contributed by atoms with Crippen LogP contribution in [0.4, 0.5) is 13.2 Å². The lowest BCUT2D eigenvalue weighted by Crippen LogP contribution is -2.42. The fourth-order valence-electron chi connectivity index (χ4n) is 3.24. The van der Waals surface area contributed by atoms with Crippen LogP contribution in [0.5, 0.6) is 0 Å². The van der Waals surface area contributed by atoms with Crippen LogP contribution in [0.3, 0.4) is 0 Å². The fraction of sp³-hybridized carbons (Fsp3) is 0.600. The zero-order valence-electron chi connectivity index (χ0n) is 16.7. The van der Waals surface area contributed by atoms with Crippen molar-refractivity contribution in [1.29, 1.82) is 0 Å². The quantitative estimate of drug-likeness (QED) is 0.325. The van der Waals surface area contributed by atoms with Crippen LogP contribution < -0.4 is 10.6 Å². The number of guanidine groups is 1. The zero-order valence-corrected chi connectivity index (χ0v) is 19.0. The molecule has 0 saturated carbocycles. The molecule has 0 unspecified atom stereocenters. The minimum Gasteiger partial charge on any atom is -0.357 e. The molecular weight excluding hydrogens is 496 g/mol. The lowest BCUT2D eigenvalue weighted by Gasteiger charge is -2.32. The molecule has 0 atom stereocenters. The van der Waals surface area contributed by atoms with Gasteiger partial charge < -0.3 is 15.5 Å². The van der Waals surface area contributed by atoms with Crippen LogP contribution >= 0.6 is 24.0 Å². The van der Waals surface area contributed by atoms with E-state index in [-0.39, 0.29) is 48.9 Å².